The van der Waals surface area contributed by atoms with Crippen LogP contribution in [0.25, 0.3) is 0 Å². The molecule has 0 unspecified atom stereocenters. The first-order chi connectivity index (χ1) is 9.16. The quantitative estimate of drug-likeness (QED) is 0.576. The van der Waals surface area contributed by atoms with Gasteiger partial charge in [0.05, 0.1) is 11.5 Å². The van der Waals surface area contributed by atoms with Gasteiger partial charge in [-0.25, -0.2) is 0 Å². The summed E-state index contributed by atoms with van der Waals surface area (Å²) in [5.41, 5.74) is 2.38. The Balaban J connectivity index is 1.76. The van der Waals surface area contributed by atoms with E-state index in [0.29, 0.717) is 13.0 Å². The Morgan fingerprint density at radius 1 is 1.26 bits per heavy atom. The second-order valence-electron chi connectivity index (χ2n) is 4.62. The van der Waals surface area contributed by atoms with Gasteiger partial charge in [0.1, 0.15) is 5.75 Å². The van der Waals surface area contributed by atoms with Gasteiger partial charge in [-0.2, -0.15) is 0 Å². The van der Waals surface area contributed by atoms with Gasteiger partial charge in [-0.3, -0.25) is 4.79 Å². The van der Waals surface area contributed by atoms with Gasteiger partial charge in [-0.05, 0) is 43.3 Å². The van der Waals surface area contributed by atoms with E-state index >= 15 is 0 Å². The van der Waals surface area contributed by atoms with Crippen molar-refractivity contribution in [2.75, 3.05) is 6.61 Å². The number of ether oxygens (including phenoxy) is 1. The molecule has 0 aliphatic carbocycles. The third kappa shape index (κ3) is 3.93. The molecule has 0 spiro atoms. The van der Waals surface area contributed by atoms with Gasteiger partial charge in [0.2, 0.25) is 0 Å². The Kier molecular flexibility index (Phi) is 4.74. The molecule has 0 atom stereocenters. The summed E-state index contributed by atoms with van der Waals surface area (Å²) in [5.74, 6) is 1.12. The van der Waals surface area contributed by atoms with E-state index < -0.39 is 0 Å². The number of aryl methyl sites for hydroxylation is 2. The summed E-state index contributed by atoms with van der Waals surface area (Å²) in [6, 6.07) is 9.92. The number of hydrogen-bond acceptors (Lipinski definition) is 3. The van der Waals surface area contributed by atoms with E-state index in [2.05, 4.69) is 13.0 Å². The molecule has 0 radical (unpaired) electrons. The molecule has 0 bridgehead atoms. The van der Waals surface area contributed by atoms with Crippen molar-refractivity contribution in [3.63, 3.8) is 0 Å². The zero-order valence-corrected chi connectivity index (χ0v) is 12.1. The predicted molar refractivity (Wildman–Crippen MR) is 79.3 cm³/mol. The van der Waals surface area contributed by atoms with Crippen LogP contribution in [0.15, 0.2) is 35.7 Å². The number of Topliss-reactive ketones (excluding diaryl/α,β-unsaturated/α-hetero) is 1. The van der Waals surface area contributed by atoms with Crippen molar-refractivity contribution in [2.24, 2.45) is 0 Å². The number of carbonyl (C=O) groups excluding carboxylic acids is 1. The van der Waals surface area contributed by atoms with Crippen molar-refractivity contribution >= 4 is 17.1 Å². The third-order valence-corrected chi connectivity index (χ3v) is 3.84. The van der Waals surface area contributed by atoms with Crippen molar-refractivity contribution in [1.29, 1.82) is 0 Å². The van der Waals surface area contributed by atoms with E-state index in [1.165, 1.54) is 16.9 Å². The SMILES string of the molecule is Cc1ccc(OCCCC(=O)c2cccs2)c(C)c1. The van der Waals surface area contributed by atoms with Crippen LogP contribution in [0.4, 0.5) is 0 Å². The molecule has 2 rings (SSSR count). The first-order valence-corrected chi connectivity index (χ1v) is 7.31. The Hall–Kier alpha value is -1.61. The molecule has 0 aliphatic heterocycles. The Labute approximate surface area is 118 Å². The molecule has 0 saturated heterocycles. The summed E-state index contributed by atoms with van der Waals surface area (Å²) in [5, 5.41) is 1.93. The van der Waals surface area contributed by atoms with Crippen LogP contribution in [0.2, 0.25) is 0 Å². The van der Waals surface area contributed by atoms with Gasteiger partial charge < -0.3 is 4.74 Å². The number of ketones is 1. The Morgan fingerprint density at radius 2 is 2.11 bits per heavy atom. The number of rotatable bonds is 6. The molecule has 0 N–H and O–H groups in total. The maximum atomic E-state index is 11.8. The lowest BCUT2D eigenvalue weighted by Crippen LogP contribution is -2.03. The van der Waals surface area contributed by atoms with E-state index in [1.54, 1.807) is 0 Å². The fraction of sp³-hybridized carbons (Fsp3) is 0.312. The topological polar surface area (TPSA) is 26.3 Å². The Bertz CT molecular complexity index is 544. The number of thiophene rings is 1. The summed E-state index contributed by atoms with van der Waals surface area (Å²) in [6.07, 6.45) is 1.30. The van der Waals surface area contributed by atoms with Crippen LogP contribution >= 0.6 is 11.3 Å². The van der Waals surface area contributed by atoms with E-state index in [9.17, 15) is 4.79 Å². The molecule has 0 amide bonds. The van der Waals surface area contributed by atoms with E-state index in [-0.39, 0.29) is 5.78 Å². The van der Waals surface area contributed by atoms with Gasteiger partial charge >= 0.3 is 0 Å². The molecule has 1 aromatic carbocycles. The summed E-state index contributed by atoms with van der Waals surface area (Å²) >= 11 is 1.50. The van der Waals surface area contributed by atoms with Crippen LogP contribution in [-0.2, 0) is 0 Å². The van der Waals surface area contributed by atoms with Crippen LogP contribution < -0.4 is 4.74 Å². The highest BCUT2D eigenvalue weighted by Crippen LogP contribution is 2.19. The zero-order chi connectivity index (χ0) is 13.7. The molecule has 19 heavy (non-hydrogen) atoms. The lowest BCUT2D eigenvalue weighted by atomic mass is 10.1. The molecule has 0 saturated carbocycles. The van der Waals surface area contributed by atoms with Gasteiger partial charge in [0.15, 0.2) is 5.78 Å². The summed E-state index contributed by atoms with van der Waals surface area (Å²) < 4.78 is 5.71. The largest absolute Gasteiger partial charge is 0.493 e. The highest BCUT2D eigenvalue weighted by atomic mass is 32.1. The first-order valence-electron chi connectivity index (χ1n) is 6.43. The second-order valence-corrected chi connectivity index (χ2v) is 5.57. The second kappa shape index (κ2) is 6.53. The van der Waals surface area contributed by atoms with Gasteiger partial charge in [0, 0.05) is 6.42 Å². The molecular formula is C16H18O2S. The predicted octanol–water partition coefficient (Wildman–Crippen LogP) is 4.41. The van der Waals surface area contributed by atoms with Crippen LogP contribution in [0, 0.1) is 13.8 Å². The fourth-order valence-corrected chi connectivity index (χ4v) is 2.63. The number of hydrogen-bond donors (Lipinski definition) is 0. The molecule has 0 aliphatic rings. The van der Waals surface area contributed by atoms with E-state index in [0.717, 1.165) is 22.6 Å². The highest BCUT2D eigenvalue weighted by Gasteiger charge is 2.06. The number of carbonyl (C=O) groups is 1. The van der Waals surface area contributed by atoms with Crippen molar-refractivity contribution in [3.8, 4) is 5.75 Å². The lowest BCUT2D eigenvalue weighted by Gasteiger charge is -2.09. The monoisotopic (exact) mass is 274 g/mol. The molecule has 100 valence electrons. The average molecular weight is 274 g/mol. The van der Waals surface area contributed by atoms with Gasteiger partial charge in [0.25, 0.3) is 0 Å². The van der Waals surface area contributed by atoms with Gasteiger partial charge in [-0.1, -0.05) is 23.8 Å². The minimum absolute atomic E-state index is 0.208. The van der Waals surface area contributed by atoms with Crippen molar-refractivity contribution in [2.45, 2.75) is 26.7 Å². The van der Waals surface area contributed by atoms with Gasteiger partial charge in [-0.15, -0.1) is 11.3 Å². The molecule has 2 nitrogen and oxygen atoms in total. The minimum Gasteiger partial charge on any atom is -0.493 e. The van der Waals surface area contributed by atoms with E-state index in [4.69, 9.17) is 4.74 Å². The van der Waals surface area contributed by atoms with Crippen LogP contribution in [-0.4, -0.2) is 12.4 Å². The zero-order valence-electron chi connectivity index (χ0n) is 11.3. The first kappa shape index (κ1) is 13.8. The molecular weight excluding hydrogens is 256 g/mol. The maximum absolute atomic E-state index is 11.8. The van der Waals surface area contributed by atoms with Crippen LogP contribution in [0.1, 0.15) is 33.6 Å². The van der Waals surface area contributed by atoms with E-state index in [1.807, 2.05) is 36.6 Å². The molecule has 1 heterocycles. The minimum atomic E-state index is 0.208. The fourth-order valence-electron chi connectivity index (χ4n) is 1.94. The third-order valence-electron chi connectivity index (χ3n) is 2.93. The summed E-state index contributed by atoms with van der Waals surface area (Å²) in [6.45, 7) is 4.69. The highest BCUT2D eigenvalue weighted by molar-refractivity contribution is 7.12. The summed E-state index contributed by atoms with van der Waals surface area (Å²) in [4.78, 5) is 12.6. The maximum Gasteiger partial charge on any atom is 0.172 e. The standard InChI is InChI=1S/C16H18O2S/c1-12-7-8-15(13(2)11-12)18-9-3-5-14(17)16-6-4-10-19-16/h4,6-8,10-11H,3,5,9H2,1-2H3. The van der Waals surface area contributed by atoms with Crippen molar-refractivity contribution in [1.82, 2.24) is 0 Å². The molecule has 3 heteroatoms. The molecule has 1 aromatic heterocycles. The molecule has 0 fully saturated rings. The van der Waals surface area contributed by atoms with Crippen molar-refractivity contribution < 1.29 is 9.53 Å². The lowest BCUT2D eigenvalue weighted by molar-refractivity contribution is 0.0977. The van der Waals surface area contributed by atoms with Crippen LogP contribution in [0.5, 0.6) is 5.75 Å². The smallest absolute Gasteiger partial charge is 0.172 e. The Morgan fingerprint density at radius 3 is 2.79 bits per heavy atom. The normalized spacial score (nSPS) is 10.4. The number of benzene rings is 1. The molecule has 2 aromatic rings. The van der Waals surface area contributed by atoms with Crippen molar-refractivity contribution in [3.05, 3.63) is 51.7 Å². The summed E-state index contributed by atoms with van der Waals surface area (Å²) in [7, 11) is 0. The van der Waals surface area contributed by atoms with Crippen LogP contribution in [0.3, 0.4) is 0 Å². The average Bonchev–Trinajstić information content (AvgIpc) is 2.90.